The minimum atomic E-state index is 0. The summed E-state index contributed by atoms with van der Waals surface area (Å²) in [5.41, 5.74) is 1.04. The average molecular weight is 259 g/mol. The lowest BCUT2D eigenvalue weighted by molar-refractivity contribution is -0.121. The standard InChI is InChI=1S/C11H18N4O.ClH/c1-15-8-9(7-14-15)6-13-11(16)5-10-3-2-4-12-10;/h7-8,10,12H,2-6H2,1H3,(H,13,16);1H. The Morgan fingerprint density at radius 3 is 3.12 bits per heavy atom. The number of hydrogen-bond acceptors (Lipinski definition) is 3. The lowest BCUT2D eigenvalue weighted by Crippen LogP contribution is -2.31. The number of halogens is 1. The van der Waals surface area contributed by atoms with Gasteiger partial charge in [0.2, 0.25) is 5.91 Å². The molecule has 1 aliphatic rings. The Balaban J connectivity index is 0.00000144. The van der Waals surface area contributed by atoms with E-state index in [9.17, 15) is 4.79 Å². The highest BCUT2D eigenvalue weighted by Gasteiger charge is 2.17. The molecule has 2 heterocycles. The van der Waals surface area contributed by atoms with Crippen molar-refractivity contribution in [3.63, 3.8) is 0 Å². The van der Waals surface area contributed by atoms with Gasteiger partial charge in [-0.15, -0.1) is 12.4 Å². The molecule has 5 nitrogen and oxygen atoms in total. The van der Waals surface area contributed by atoms with Crippen molar-refractivity contribution in [1.29, 1.82) is 0 Å². The molecule has 96 valence electrons. The number of aromatic nitrogens is 2. The molecule has 0 spiro atoms. The fourth-order valence-electron chi connectivity index (χ4n) is 1.99. The largest absolute Gasteiger partial charge is 0.352 e. The van der Waals surface area contributed by atoms with E-state index >= 15 is 0 Å². The fourth-order valence-corrected chi connectivity index (χ4v) is 1.99. The molecule has 0 bridgehead atoms. The molecule has 1 aliphatic heterocycles. The Morgan fingerprint density at radius 2 is 2.53 bits per heavy atom. The smallest absolute Gasteiger partial charge is 0.221 e. The topological polar surface area (TPSA) is 59.0 Å². The second-order valence-corrected chi connectivity index (χ2v) is 4.30. The number of amides is 1. The van der Waals surface area contributed by atoms with Gasteiger partial charge in [0.25, 0.3) is 0 Å². The van der Waals surface area contributed by atoms with Gasteiger partial charge in [0.05, 0.1) is 6.20 Å². The number of aryl methyl sites for hydroxylation is 1. The van der Waals surface area contributed by atoms with Crippen molar-refractivity contribution in [2.45, 2.75) is 31.8 Å². The van der Waals surface area contributed by atoms with E-state index in [1.807, 2.05) is 13.2 Å². The van der Waals surface area contributed by atoms with Crippen LogP contribution in [0, 0.1) is 0 Å². The van der Waals surface area contributed by atoms with Crippen molar-refractivity contribution in [2.24, 2.45) is 7.05 Å². The minimum Gasteiger partial charge on any atom is -0.352 e. The molecule has 2 N–H and O–H groups in total. The molecule has 1 atom stereocenters. The zero-order chi connectivity index (χ0) is 11.4. The van der Waals surface area contributed by atoms with E-state index < -0.39 is 0 Å². The summed E-state index contributed by atoms with van der Waals surface area (Å²) in [6.07, 6.45) is 6.56. The quantitative estimate of drug-likeness (QED) is 0.832. The van der Waals surface area contributed by atoms with Crippen LogP contribution >= 0.6 is 12.4 Å². The summed E-state index contributed by atoms with van der Waals surface area (Å²) in [5.74, 6) is 0.114. The van der Waals surface area contributed by atoms with Gasteiger partial charge in [-0.25, -0.2) is 0 Å². The van der Waals surface area contributed by atoms with Crippen molar-refractivity contribution in [3.8, 4) is 0 Å². The molecule has 0 aliphatic carbocycles. The summed E-state index contributed by atoms with van der Waals surface area (Å²) in [4.78, 5) is 11.6. The summed E-state index contributed by atoms with van der Waals surface area (Å²) in [6, 6.07) is 0.369. The molecular weight excluding hydrogens is 240 g/mol. The lowest BCUT2D eigenvalue weighted by Gasteiger charge is -2.09. The monoisotopic (exact) mass is 258 g/mol. The molecule has 1 aromatic heterocycles. The molecule has 2 rings (SSSR count). The SMILES string of the molecule is Cl.Cn1cc(CNC(=O)CC2CCCN2)cn1. The van der Waals surface area contributed by atoms with Crippen LogP contribution in [0.2, 0.25) is 0 Å². The Kier molecular flexibility index (Phi) is 5.44. The summed E-state index contributed by atoms with van der Waals surface area (Å²) < 4.78 is 1.74. The van der Waals surface area contributed by atoms with Gasteiger partial charge in [0, 0.05) is 37.8 Å². The highest BCUT2D eigenvalue weighted by Crippen LogP contribution is 2.08. The maximum Gasteiger partial charge on any atom is 0.221 e. The first kappa shape index (κ1) is 14.0. The summed E-state index contributed by atoms with van der Waals surface area (Å²) >= 11 is 0. The Hall–Kier alpha value is -1.07. The van der Waals surface area contributed by atoms with E-state index in [0.717, 1.165) is 18.5 Å². The zero-order valence-electron chi connectivity index (χ0n) is 9.98. The van der Waals surface area contributed by atoms with Crippen molar-refractivity contribution in [1.82, 2.24) is 20.4 Å². The zero-order valence-corrected chi connectivity index (χ0v) is 10.8. The predicted octanol–water partition coefficient (Wildman–Crippen LogP) is 0.600. The molecule has 1 amide bonds. The van der Waals surface area contributed by atoms with Crippen molar-refractivity contribution in [3.05, 3.63) is 18.0 Å². The Bertz CT molecular complexity index is 360. The number of carbonyl (C=O) groups excluding carboxylic acids is 1. The third-order valence-corrected chi connectivity index (χ3v) is 2.84. The summed E-state index contributed by atoms with van der Waals surface area (Å²) in [6.45, 7) is 1.61. The number of rotatable bonds is 4. The first-order valence-electron chi connectivity index (χ1n) is 5.71. The highest BCUT2D eigenvalue weighted by atomic mass is 35.5. The molecule has 0 saturated carbocycles. The van der Waals surface area contributed by atoms with Gasteiger partial charge in [-0.2, -0.15) is 5.10 Å². The lowest BCUT2D eigenvalue weighted by atomic mass is 10.1. The molecule has 0 radical (unpaired) electrons. The van der Waals surface area contributed by atoms with E-state index in [2.05, 4.69) is 15.7 Å². The third-order valence-electron chi connectivity index (χ3n) is 2.84. The van der Waals surface area contributed by atoms with Gasteiger partial charge >= 0.3 is 0 Å². The second kappa shape index (κ2) is 6.61. The van der Waals surface area contributed by atoms with Crippen molar-refractivity contribution < 1.29 is 4.79 Å². The molecule has 1 saturated heterocycles. The number of nitrogens with zero attached hydrogens (tertiary/aromatic N) is 2. The van der Waals surface area contributed by atoms with E-state index in [-0.39, 0.29) is 18.3 Å². The summed E-state index contributed by atoms with van der Waals surface area (Å²) in [5, 5.41) is 10.3. The maximum absolute atomic E-state index is 11.6. The second-order valence-electron chi connectivity index (χ2n) is 4.30. The van der Waals surface area contributed by atoms with Crippen LogP contribution in [-0.4, -0.2) is 28.3 Å². The van der Waals surface area contributed by atoms with Gasteiger partial charge in [0.15, 0.2) is 0 Å². The highest BCUT2D eigenvalue weighted by molar-refractivity contribution is 5.85. The van der Waals surface area contributed by atoms with E-state index in [1.54, 1.807) is 10.9 Å². The van der Waals surface area contributed by atoms with Crippen LogP contribution in [0.15, 0.2) is 12.4 Å². The first-order chi connectivity index (χ1) is 7.74. The van der Waals surface area contributed by atoms with Crippen molar-refractivity contribution in [2.75, 3.05) is 6.54 Å². The number of carbonyl (C=O) groups is 1. The Morgan fingerprint density at radius 1 is 1.71 bits per heavy atom. The van der Waals surface area contributed by atoms with Crippen LogP contribution in [0.1, 0.15) is 24.8 Å². The number of nitrogens with one attached hydrogen (secondary N) is 2. The average Bonchev–Trinajstić information content (AvgIpc) is 2.87. The predicted molar refractivity (Wildman–Crippen MR) is 67.9 cm³/mol. The number of hydrogen-bond donors (Lipinski definition) is 2. The van der Waals surface area contributed by atoms with Gasteiger partial charge < -0.3 is 10.6 Å². The van der Waals surface area contributed by atoms with E-state index in [4.69, 9.17) is 0 Å². The molecule has 0 aromatic carbocycles. The van der Waals surface area contributed by atoms with Crippen LogP contribution in [0.25, 0.3) is 0 Å². The maximum atomic E-state index is 11.6. The fraction of sp³-hybridized carbons (Fsp3) is 0.636. The first-order valence-corrected chi connectivity index (χ1v) is 5.71. The normalized spacial score (nSPS) is 18.8. The molecule has 1 aromatic rings. The molecule has 1 fully saturated rings. The molecule has 6 heteroatoms. The molecule has 1 unspecified atom stereocenters. The van der Waals surface area contributed by atoms with Crippen LogP contribution in [0.3, 0.4) is 0 Å². The van der Waals surface area contributed by atoms with Crippen molar-refractivity contribution >= 4 is 18.3 Å². The van der Waals surface area contributed by atoms with Gasteiger partial charge in [-0.3, -0.25) is 9.48 Å². The van der Waals surface area contributed by atoms with Gasteiger partial charge in [0.1, 0.15) is 0 Å². The molecule has 17 heavy (non-hydrogen) atoms. The van der Waals surface area contributed by atoms with Crippen LogP contribution < -0.4 is 10.6 Å². The minimum absolute atomic E-state index is 0. The van der Waals surface area contributed by atoms with Gasteiger partial charge in [-0.05, 0) is 19.4 Å². The van der Waals surface area contributed by atoms with Crippen LogP contribution in [-0.2, 0) is 18.4 Å². The molecular formula is C11H19ClN4O. The van der Waals surface area contributed by atoms with E-state index in [0.29, 0.717) is 19.0 Å². The van der Waals surface area contributed by atoms with Crippen LogP contribution in [0.5, 0.6) is 0 Å². The van der Waals surface area contributed by atoms with E-state index in [1.165, 1.54) is 6.42 Å². The summed E-state index contributed by atoms with van der Waals surface area (Å²) in [7, 11) is 1.87. The van der Waals surface area contributed by atoms with Gasteiger partial charge in [-0.1, -0.05) is 0 Å². The third kappa shape index (κ3) is 4.36. The van der Waals surface area contributed by atoms with Crippen LogP contribution in [0.4, 0.5) is 0 Å². The Labute approximate surface area is 107 Å².